The summed E-state index contributed by atoms with van der Waals surface area (Å²) in [6, 6.07) is 1.89. The van der Waals surface area contributed by atoms with E-state index in [0.717, 1.165) is 37.0 Å². The molecule has 0 aliphatic heterocycles. The van der Waals surface area contributed by atoms with Crippen LogP contribution in [0.2, 0.25) is 0 Å². The molecule has 0 spiro atoms. The molecule has 1 aromatic heterocycles. The smallest absolute Gasteiger partial charge is 0.109 e. The lowest BCUT2D eigenvalue weighted by Crippen LogP contribution is -2.06. The summed E-state index contributed by atoms with van der Waals surface area (Å²) >= 11 is 0. The van der Waals surface area contributed by atoms with Crippen molar-refractivity contribution in [3.05, 3.63) is 23.7 Å². The van der Waals surface area contributed by atoms with E-state index < -0.39 is 0 Å². The van der Waals surface area contributed by atoms with Gasteiger partial charge in [-0.1, -0.05) is 33.6 Å². The largest absolute Gasteiger partial charge is 0.469 e. The van der Waals surface area contributed by atoms with Crippen LogP contribution in [-0.2, 0) is 6.42 Å². The first-order valence-electron chi connectivity index (χ1n) is 5.97. The third-order valence-electron chi connectivity index (χ3n) is 3.17. The summed E-state index contributed by atoms with van der Waals surface area (Å²) in [7, 11) is 0. The van der Waals surface area contributed by atoms with Gasteiger partial charge in [-0.15, -0.1) is 0 Å². The Hall–Kier alpha value is -0.760. The highest BCUT2D eigenvalue weighted by molar-refractivity contribution is 5.19. The van der Waals surface area contributed by atoms with Gasteiger partial charge >= 0.3 is 0 Å². The number of aliphatic hydroxyl groups excluding tert-OH is 1. The van der Waals surface area contributed by atoms with Crippen molar-refractivity contribution in [2.75, 3.05) is 0 Å². The number of aliphatic hydroxyl groups is 1. The van der Waals surface area contributed by atoms with Crippen LogP contribution >= 0.6 is 0 Å². The van der Waals surface area contributed by atoms with Crippen molar-refractivity contribution < 1.29 is 9.52 Å². The van der Waals surface area contributed by atoms with Gasteiger partial charge in [0.2, 0.25) is 0 Å². The van der Waals surface area contributed by atoms with Gasteiger partial charge in [-0.3, -0.25) is 0 Å². The van der Waals surface area contributed by atoms with E-state index in [1.165, 1.54) is 0 Å². The number of aryl methyl sites for hydroxylation is 1. The molecule has 0 bridgehead atoms. The summed E-state index contributed by atoms with van der Waals surface area (Å²) in [6.07, 6.45) is 5.27. The van der Waals surface area contributed by atoms with Gasteiger partial charge < -0.3 is 9.52 Å². The summed E-state index contributed by atoms with van der Waals surface area (Å²) < 4.78 is 5.32. The summed E-state index contributed by atoms with van der Waals surface area (Å²) in [6.45, 7) is 6.40. The molecular formula is C13H22O2. The van der Waals surface area contributed by atoms with Crippen molar-refractivity contribution in [1.82, 2.24) is 0 Å². The third-order valence-corrected chi connectivity index (χ3v) is 3.17. The van der Waals surface area contributed by atoms with Crippen LogP contribution in [0.3, 0.4) is 0 Å². The first-order chi connectivity index (χ1) is 7.22. The SMILES string of the molecule is CCc1occc1C(O)CC(CC)CC. The Balaban J connectivity index is 2.63. The second-order valence-corrected chi connectivity index (χ2v) is 4.09. The number of hydrogen-bond donors (Lipinski definition) is 1. The van der Waals surface area contributed by atoms with E-state index >= 15 is 0 Å². The highest BCUT2D eigenvalue weighted by Crippen LogP contribution is 2.28. The monoisotopic (exact) mass is 210 g/mol. The van der Waals surface area contributed by atoms with Crippen molar-refractivity contribution in [3.63, 3.8) is 0 Å². The Morgan fingerprint density at radius 2 is 1.93 bits per heavy atom. The molecule has 0 radical (unpaired) electrons. The molecule has 15 heavy (non-hydrogen) atoms. The molecule has 0 saturated heterocycles. The fourth-order valence-corrected chi connectivity index (χ4v) is 2.00. The summed E-state index contributed by atoms with van der Waals surface area (Å²) in [4.78, 5) is 0. The molecule has 0 saturated carbocycles. The quantitative estimate of drug-likeness (QED) is 0.776. The second-order valence-electron chi connectivity index (χ2n) is 4.09. The topological polar surface area (TPSA) is 33.4 Å². The summed E-state index contributed by atoms with van der Waals surface area (Å²) in [5.74, 6) is 1.54. The normalized spacial score (nSPS) is 13.4. The Morgan fingerprint density at radius 1 is 1.27 bits per heavy atom. The van der Waals surface area contributed by atoms with E-state index in [1.54, 1.807) is 6.26 Å². The van der Waals surface area contributed by atoms with Crippen LogP contribution < -0.4 is 0 Å². The minimum absolute atomic E-state index is 0.358. The maximum atomic E-state index is 10.1. The maximum Gasteiger partial charge on any atom is 0.109 e. The molecule has 0 aliphatic carbocycles. The lowest BCUT2D eigenvalue weighted by molar-refractivity contribution is 0.139. The van der Waals surface area contributed by atoms with E-state index in [-0.39, 0.29) is 6.10 Å². The predicted molar refractivity (Wildman–Crippen MR) is 61.7 cm³/mol. The average molecular weight is 210 g/mol. The van der Waals surface area contributed by atoms with Crippen LogP contribution in [0.15, 0.2) is 16.7 Å². The Kier molecular flexibility index (Phi) is 4.89. The molecule has 1 heterocycles. The van der Waals surface area contributed by atoms with E-state index in [4.69, 9.17) is 4.42 Å². The minimum atomic E-state index is -0.358. The van der Waals surface area contributed by atoms with Gasteiger partial charge in [-0.2, -0.15) is 0 Å². The van der Waals surface area contributed by atoms with Crippen molar-refractivity contribution in [2.45, 2.75) is 52.6 Å². The fourth-order valence-electron chi connectivity index (χ4n) is 2.00. The molecule has 1 atom stereocenters. The Bertz CT molecular complexity index is 274. The molecule has 0 aliphatic rings. The predicted octanol–water partition coefficient (Wildman–Crippen LogP) is 3.70. The van der Waals surface area contributed by atoms with E-state index in [1.807, 2.05) is 13.0 Å². The zero-order valence-corrected chi connectivity index (χ0v) is 9.99. The van der Waals surface area contributed by atoms with E-state index in [2.05, 4.69) is 13.8 Å². The number of hydrogen-bond acceptors (Lipinski definition) is 2. The van der Waals surface area contributed by atoms with Crippen LogP contribution in [0, 0.1) is 5.92 Å². The minimum Gasteiger partial charge on any atom is -0.469 e. The molecule has 0 amide bonds. The molecule has 2 nitrogen and oxygen atoms in total. The van der Waals surface area contributed by atoms with Crippen LogP contribution in [-0.4, -0.2) is 5.11 Å². The van der Waals surface area contributed by atoms with Crippen LogP contribution in [0.4, 0.5) is 0 Å². The lowest BCUT2D eigenvalue weighted by atomic mass is 9.93. The fraction of sp³-hybridized carbons (Fsp3) is 0.692. The molecule has 0 aromatic carbocycles. The second kappa shape index (κ2) is 5.96. The van der Waals surface area contributed by atoms with E-state index in [9.17, 15) is 5.11 Å². The van der Waals surface area contributed by atoms with Gasteiger partial charge in [-0.05, 0) is 18.4 Å². The van der Waals surface area contributed by atoms with Crippen LogP contribution in [0.5, 0.6) is 0 Å². The zero-order chi connectivity index (χ0) is 11.3. The number of furan rings is 1. The third kappa shape index (κ3) is 3.10. The highest BCUT2D eigenvalue weighted by Gasteiger charge is 2.17. The molecule has 86 valence electrons. The molecule has 0 fully saturated rings. The van der Waals surface area contributed by atoms with Crippen LogP contribution in [0.1, 0.15) is 57.5 Å². The average Bonchev–Trinajstić information content (AvgIpc) is 2.73. The highest BCUT2D eigenvalue weighted by atomic mass is 16.3. The molecule has 1 unspecified atom stereocenters. The van der Waals surface area contributed by atoms with Gasteiger partial charge in [0.05, 0.1) is 12.4 Å². The van der Waals surface area contributed by atoms with Crippen molar-refractivity contribution in [3.8, 4) is 0 Å². The Morgan fingerprint density at radius 3 is 2.47 bits per heavy atom. The van der Waals surface area contributed by atoms with Gasteiger partial charge in [0.1, 0.15) is 5.76 Å². The van der Waals surface area contributed by atoms with Crippen molar-refractivity contribution in [1.29, 1.82) is 0 Å². The maximum absolute atomic E-state index is 10.1. The van der Waals surface area contributed by atoms with Gasteiger partial charge in [0.15, 0.2) is 0 Å². The Labute approximate surface area is 92.3 Å². The molecule has 1 rings (SSSR count). The first kappa shape index (κ1) is 12.3. The number of rotatable bonds is 6. The molecule has 2 heteroatoms. The summed E-state index contributed by atoms with van der Waals surface area (Å²) in [5.41, 5.74) is 0.976. The first-order valence-corrected chi connectivity index (χ1v) is 5.97. The zero-order valence-electron chi connectivity index (χ0n) is 9.99. The molecule has 1 N–H and O–H groups in total. The standard InChI is InChI=1S/C13H22O2/c1-4-10(5-2)9-12(14)11-7-8-15-13(11)6-3/h7-8,10,12,14H,4-6,9H2,1-3H3. The van der Waals surface area contributed by atoms with Gasteiger partial charge in [0, 0.05) is 12.0 Å². The van der Waals surface area contributed by atoms with Gasteiger partial charge in [0.25, 0.3) is 0 Å². The van der Waals surface area contributed by atoms with E-state index in [0.29, 0.717) is 5.92 Å². The van der Waals surface area contributed by atoms with Crippen molar-refractivity contribution in [2.24, 2.45) is 5.92 Å². The molecule has 1 aromatic rings. The van der Waals surface area contributed by atoms with Gasteiger partial charge in [-0.25, -0.2) is 0 Å². The molecular weight excluding hydrogens is 188 g/mol. The lowest BCUT2D eigenvalue weighted by Gasteiger charge is -2.17. The van der Waals surface area contributed by atoms with Crippen LogP contribution in [0.25, 0.3) is 0 Å². The summed E-state index contributed by atoms with van der Waals surface area (Å²) in [5, 5.41) is 10.1. The van der Waals surface area contributed by atoms with Crippen molar-refractivity contribution >= 4 is 0 Å².